The van der Waals surface area contributed by atoms with Crippen molar-refractivity contribution >= 4 is 39.2 Å². The van der Waals surface area contributed by atoms with E-state index >= 15 is 0 Å². The molecule has 1 saturated carbocycles. The summed E-state index contributed by atoms with van der Waals surface area (Å²) in [6, 6.07) is 11.5. The van der Waals surface area contributed by atoms with E-state index in [9.17, 15) is 23.1 Å². The lowest BCUT2D eigenvalue weighted by Crippen LogP contribution is -2.59. The van der Waals surface area contributed by atoms with E-state index in [1.165, 1.54) is 11.1 Å². The second-order valence-corrected chi connectivity index (χ2v) is 18.6. The zero-order valence-corrected chi connectivity index (χ0v) is 32.6. The molecule has 288 valence electrons. The first-order valence-electron chi connectivity index (χ1n) is 19.1. The Labute approximate surface area is 318 Å². The average Bonchev–Trinajstić information content (AvgIpc) is 3.26. The number of rotatable bonds is 5. The van der Waals surface area contributed by atoms with Gasteiger partial charge in [-0.2, -0.15) is 0 Å². The summed E-state index contributed by atoms with van der Waals surface area (Å²) >= 11 is 6.48. The molecule has 0 radical (unpaired) electrons. The number of sulfonamides is 1. The minimum atomic E-state index is -3.99. The molecule has 7 rings (SSSR count). The number of amides is 1. The largest absolute Gasteiger partial charge is 0.490 e. The number of aliphatic carboxylic acids is 1. The van der Waals surface area contributed by atoms with Crippen molar-refractivity contribution in [3.63, 3.8) is 0 Å². The molecule has 3 aliphatic heterocycles. The van der Waals surface area contributed by atoms with Crippen molar-refractivity contribution in [2.24, 2.45) is 17.8 Å². The number of hydrogen-bond acceptors (Lipinski definition) is 9. The molecule has 13 heteroatoms. The number of anilines is 1. The van der Waals surface area contributed by atoms with E-state index < -0.39 is 32.8 Å². The van der Waals surface area contributed by atoms with Crippen LogP contribution in [0.15, 0.2) is 48.6 Å². The topological polar surface area (TPSA) is 129 Å². The molecule has 2 aromatic rings. The molecule has 5 aliphatic rings. The molecular weight excluding hydrogens is 716 g/mol. The van der Waals surface area contributed by atoms with Crippen LogP contribution < -0.4 is 14.4 Å². The molecule has 2 aliphatic carbocycles. The summed E-state index contributed by atoms with van der Waals surface area (Å²) in [4.78, 5) is 31.8. The lowest BCUT2D eigenvalue weighted by atomic mass is 9.63. The Morgan fingerprint density at radius 3 is 2.58 bits per heavy atom. The number of carbonyl (C=O) groups excluding carboxylic acids is 1. The summed E-state index contributed by atoms with van der Waals surface area (Å²) in [5.74, 6) is -0.600. The van der Waals surface area contributed by atoms with Crippen molar-refractivity contribution in [3.8, 4) is 5.75 Å². The number of nitrogens with one attached hydrogen (secondary N) is 1. The summed E-state index contributed by atoms with van der Waals surface area (Å²) in [5, 5.41) is 9.26. The van der Waals surface area contributed by atoms with E-state index in [0.717, 1.165) is 55.9 Å². The van der Waals surface area contributed by atoms with Crippen LogP contribution in [0.4, 0.5) is 5.69 Å². The van der Waals surface area contributed by atoms with Crippen molar-refractivity contribution in [1.82, 2.24) is 14.5 Å². The van der Waals surface area contributed by atoms with Gasteiger partial charge in [0.15, 0.2) is 0 Å². The van der Waals surface area contributed by atoms with E-state index in [-0.39, 0.29) is 35.3 Å². The number of carbonyl (C=O) groups is 2. The summed E-state index contributed by atoms with van der Waals surface area (Å²) in [6.45, 7) is 8.93. The van der Waals surface area contributed by atoms with E-state index in [2.05, 4.69) is 38.8 Å². The van der Waals surface area contributed by atoms with Crippen LogP contribution in [-0.4, -0.2) is 112 Å². The molecule has 1 spiro atoms. The monoisotopic (exact) mass is 768 g/mol. The third-order valence-electron chi connectivity index (χ3n) is 12.9. The second kappa shape index (κ2) is 15.2. The first-order chi connectivity index (χ1) is 25.3. The predicted octanol–water partition coefficient (Wildman–Crippen LogP) is 4.97. The molecule has 2 aromatic carbocycles. The lowest BCUT2D eigenvalue weighted by molar-refractivity contribution is -0.139. The number of fused-ring (bicyclic) bond motifs is 4. The first-order valence-corrected chi connectivity index (χ1v) is 21.0. The number of carboxylic acids is 1. The Morgan fingerprint density at radius 1 is 1.09 bits per heavy atom. The van der Waals surface area contributed by atoms with Gasteiger partial charge < -0.3 is 19.5 Å². The van der Waals surface area contributed by atoms with Crippen molar-refractivity contribution in [2.75, 3.05) is 71.0 Å². The standard InChI is InChI=1S/C40H53ClN4O7S/c1-27-6-4-15-40(51-3,25-44-18-16-43(17-19-44)23-37(46)47)34-11-8-31(34)22-45-24-39(14-5-7-29-20-32(41)10-12-33(29)39)26-52-36-13-9-30(21-35(36)45)38(48)42-53(49,50)28(27)2/h4,9-10,12-13,15,20-21,27-28,31,34H,5-8,11,14,16-19,22-26H2,1-3H3,(H,42,48)(H,46,47)/b15-4+/t27-,28+,31-,34+,39-,40+/m0/s1. The quantitative estimate of drug-likeness (QED) is 0.403. The van der Waals surface area contributed by atoms with Crippen LogP contribution in [-0.2, 0) is 31.4 Å². The summed E-state index contributed by atoms with van der Waals surface area (Å²) in [6.07, 6.45) is 9.66. The van der Waals surface area contributed by atoms with Crippen LogP contribution in [0.5, 0.6) is 5.75 Å². The van der Waals surface area contributed by atoms with Crippen LogP contribution in [0.25, 0.3) is 0 Å². The number of hydrogen-bond donors (Lipinski definition) is 2. The van der Waals surface area contributed by atoms with E-state index in [4.69, 9.17) is 21.1 Å². The number of aryl methyl sites for hydroxylation is 1. The minimum absolute atomic E-state index is 0.0367. The number of allylic oxidation sites excluding steroid dienone is 1. The van der Waals surface area contributed by atoms with E-state index in [1.54, 1.807) is 26.2 Å². The smallest absolute Gasteiger partial charge is 0.317 e. The minimum Gasteiger partial charge on any atom is -0.490 e. The Morgan fingerprint density at radius 2 is 1.87 bits per heavy atom. The fraction of sp³-hybridized carbons (Fsp3) is 0.600. The van der Waals surface area contributed by atoms with Gasteiger partial charge in [0.2, 0.25) is 10.0 Å². The molecule has 2 fully saturated rings. The van der Waals surface area contributed by atoms with Gasteiger partial charge in [0, 0.05) is 68.9 Å². The van der Waals surface area contributed by atoms with Crippen LogP contribution in [0.2, 0.25) is 5.02 Å². The number of halogens is 1. The molecule has 0 aromatic heterocycles. The van der Waals surface area contributed by atoms with Gasteiger partial charge in [-0.05, 0) is 105 Å². The Bertz CT molecular complexity index is 1850. The first kappa shape index (κ1) is 38.1. The van der Waals surface area contributed by atoms with Crippen molar-refractivity contribution < 1.29 is 32.6 Å². The third kappa shape index (κ3) is 7.72. The Balaban J connectivity index is 1.28. The SMILES string of the molecule is CO[C@@]1(CN2CCN(CC(=O)O)CC2)/C=C/C[C@H](C)[C@@H](C)S(=O)(=O)NC(=O)c2ccc3c(c2)N(C[C@@H]2CC[C@H]21)C[C@@]1(CCCc2cc(Cl)ccc21)CO3. The maximum atomic E-state index is 13.6. The van der Waals surface area contributed by atoms with Gasteiger partial charge in [0.25, 0.3) is 5.91 Å². The number of ether oxygens (including phenoxy) is 2. The number of benzene rings is 2. The van der Waals surface area contributed by atoms with Gasteiger partial charge in [-0.1, -0.05) is 36.7 Å². The van der Waals surface area contributed by atoms with Crippen LogP contribution in [0, 0.1) is 17.8 Å². The zero-order valence-electron chi connectivity index (χ0n) is 31.1. The molecule has 1 amide bonds. The molecule has 1 saturated heterocycles. The van der Waals surface area contributed by atoms with Crippen LogP contribution >= 0.6 is 11.6 Å². The van der Waals surface area contributed by atoms with E-state index in [1.807, 2.05) is 24.0 Å². The highest BCUT2D eigenvalue weighted by atomic mass is 35.5. The molecule has 2 N–H and O–H groups in total. The summed E-state index contributed by atoms with van der Waals surface area (Å²) in [5.41, 5.74) is 2.63. The predicted molar refractivity (Wildman–Crippen MR) is 205 cm³/mol. The van der Waals surface area contributed by atoms with Gasteiger partial charge in [0.05, 0.1) is 24.1 Å². The van der Waals surface area contributed by atoms with Gasteiger partial charge in [-0.15, -0.1) is 0 Å². The fourth-order valence-electron chi connectivity index (χ4n) is 9.45. The normalized spacial score (nSPS) is 32.7. The Hall–Kier alpha value is -3.16. The van der Waals surface area contributed by atoms with Crippen molar-refractivity contribution in [1.29, 1.82) is 0 Å². The number of nitrogens with zero attached hydrogens (tertiary/aromatic N) is 3. The van der Waals surface area contributed by atoms with Crippen LogP contribution in [0.1, 0.15) is 67.4 Å². The third-order valence-corrected chi connectivity index (χ3v) is 15.1. The lowest BCUT2D eigenvalue weighted by Gasteiger charge is -2.52. The molecule has 6 atom stereocenters. The highest BCUT2D eigenvalue weighted by molar-refractivity contribution is 7.90. The van der Waals surface area contributed by atoms with Gasteiger partial charge >= 0.3 is 5.97 Å². The van der Waals surface area contributed by atoms with Crippen molar-refractivity contribution in [2.45, 2.75) is 68.6 Å². The number of piperazine rings is 1. The highest BCUT2D eigenvalue weighted by Crippen LogP contribution is 2.49. The maximum absolute atomic E-state index is 13.6. The highest BCUT2D eigenvalue weighted by Gasteiger charge is 2.50. The number of carboxylic acid groups (broad SMARTS) is 1. The zero-order chi connectivity index (χ0) is 37.5. The molecular formula is C40H53ClN4O7S. The van der Waals surface area contributed by atoms with Gasteiger partial charge in [0.1, 0.15) is 11.4 Å². The molecule has 2 bridgehead atoms. The molecule has 3 heterocycles. The maximum Gasteiger partial charge on any atom is 0.317 e. The summed E-state index contributed by atoms with van der Waals surface area (Å²) in [7, 11) is -2.21. The average molecular weight is 769 g/mol. The van der Waals surface area contributed by atoms with Crippen LogP contribution in [0.3, 0.4) is 0 Å². The second-order valence-electron chi connectivity index (χ2n) is 16.1. The summed E-state index contributed by atoms with van der Waals surface area (Å²) < 4.78 is 42.8. The van der Waals surface area contributed by atoms with Crippen molar-refractivity contribution in [3.05, 3.63) is 70.3 Å². The van der Waals surface area contributed by atoms with E-state index in [0.29, 0.717) is 51.5 Å². The van der Waals surface area contributed by atoms with Gasteiger partial charge in [-0.3, -0.25) is 19.4 Å². The molecule has 11 nitrogen and oxygen atoms in total. The Kier molecular flexibility index (Phi) is 10.9. The van der Waals surface area contributed by atoms with Gasteiger partial charge in [-0.25, -0.2) is 13.1 Å². The fourth-order valence-corrected chi connectivity index (χ4v) is 10.9. The number of methoxy groups -OCH3 is 1. The molecule has 0 unspecified atom stereocenters. The molecule has 53 heavy (non-hydrogen) atoms.